The monoisotopic (exact) mass is 584 g/mol. The maximum atomic E-state index is 3.69. The molecule has 0 spiro atoms. The van der Waals surface area contributed by atoms with Gasteiger partial charge in [0.25, 0.3) is 0 Å². The molecule has 0 amide bonds. The average Bonchev–Trinajstić information content (AvgIpc) is 2.62. The van der Waals surface area contributed by atoms with Gasteiger partial charge in [0, 0.05) is 37.6 Å². The van der Waals surface area contributed by atoms with Crippen LogP contribution in [-0.2, 0) is 16.8 Å². The van der Waals surface area contributed by atoms with Crippen LogP contribution in [0, 0.1) is 13.8 Å². The summed E-state index contributed by atoms with van der Waals surface area (Å²) in [5.41, 5.74) is 8.05. The molecule has 2 rings (SSSR count). The largest absolute Gasteiger partial charge is 2.00 e. The minimum absolute atomic E-state index is 0. The first-order valence-electron chi connectivity index (χ1n) is 10.3. The molecule has 0 aliphatic carbocycles. The van der Waals surface area contributed by atoms with Crippen LogP contribution < -0.4 is 49.9 Å². The molecule has 3 N–H and O–H groups in total. The van der Waals surface area contributed by atoms with E-state index in [1.807, 2.05) is 0 Å². The maximum Gasteiger partial charge on any atom is 2.00 e. The van der Waals surface area contributed by atoms with Crippen molar-refractivity contribution >= 4 is 11.4 Å². The summed E-state index contributed by atoms with van der Waals surface area (Å²) in [7, 11) is 0. The number of nitrogens with one attached hydrogen (secondary N) is 3. The number of para-hydroxylation sites is 2. The predicted octanol–water partition coefficient (Wildman–Crippen LogP) is -0.331. The fourth-order valence-corrected chi connectivity index (χ4v) is 3.53. The Morgan fingerprint density at radius 2 is 1.03 bits per heavy atom. The van der Waals surface area contributed by atoms with Gasteiger partial charge in [0.05, 0.1) is 0 Å². The van der Waals surface area contributed by atoms with E-state index >= 15 is 0 Å². The van der Waals surface area contributed by atoms with Crippen LogP contribution in [0.25, 0.3) is 0 Å². The number of halogens is 2. The molecular formula is C24H37Br2CoN3. The van der Waals surface area contributed by atoms with Gasteiger partial charge in [-0.2, -0.15) is 0 Å². The van der Waals surface area contributed by atoms with Crippen LogP contribution in [0.2, 0.25) is 0 Å². The Labute approximate surface area is 215 Å². The van der Waals surface area contributed by atoms with Crippen molar-refractivity contribution < 1.29 is 50.7 Å². The third kappa shape index (κ3) is 9.31. The number of anilines is 2. The number of rotatable bonds is 10. The van der Waals surface area contributed by atoms with Gasteiger partial charge < -0.3 is 49.9 Å². The van der Waals surface area contributed by atoms with E-state index in [1.165, 1.54) is 33.6 Å². The van der Waals surface area contributed by atoms with Gasteiger partial charge in [0.15, 0.2) is 0 Å². The molecule has 0 saturated carbocycles. The first-order valence-corrected chi connectivity index (χ1v) is 10.3. The molecule has 0 saturated heterocycles. The van der Waals surface area contributed by atoms with Gasteiger partial charge in [-0.25, -0.2) is 0 Å². The van der Waals surface area contributed by atoms with Crippen LogP contribution in [-0.4, -0.2) is 26.2 Å². The predicted molar refractivity (Wildman–Crippen MR) is 120 cm³/mol. The second-order valence-electron chi connectivity index (χ2n) is 7.99. The minimum atomic E-state index is 0. The molecule has 3 nitrogen and oxygen atoms in total. The summed E-state index contributed by atoms with van der Waals surface area (Å²) >= 11 is 0. The van der Waals surface area contributed by atoms with Gasteiger partial charge in [-0.1, -0.05) is 64.1 Å². The van der Waals surface area contributed by atoms with Gasteiger partial charge >= 0.3 is 16.8 Å². The van der Waals surface area contributed by atoms with Gasteiger partial charge in [0.1, 0.15) is 0 Å². The van der Waals surface area contributed by atoms with Crippen LogP contribution in [0.3, 0.4) is 0 Å². The van der Waals surface area contributed by atoms with E-state index in [0.717, 1.165) is 26.2 Å². The van der Waals surface area contributed by atoms with Gasteiger partial charge in [-0.05, 0) is 47.9 Å². The summed E-state index contributed by atoms with van der Waals surface area (Å²) in [5, 5.41) is 10.8. The Balaban J connectivity index is 0. The zero-order valence-corrected chi connectivity index (χ0v) is 23.2. The van der Waals surface area contributed by atoms with E-state index in [2.05, 4.69) is 93.9 Å². The molecule has 0 unspecified atom stereocenters. The molecule has 0 bridgehead atoms. The van der Waals surface area contributed by atoms with E-state index in [-0.39, 0.29) is 50.7 Å². The zero-order valence-electron chi connectivity index (χ0n) is 19.0. The Hall–Kier alpha value is -0.534. The number of benzene rings is 2. The van der Waals surface area contributed by atoms with Crippen molar-refractivity contribution in [3.63, 3.8) is 0 Å². The summed E-state index contributed by atoms with van der Waals surface area (Å²) in [6.07, 6.45) is 0. The average molecular weight is 586 g/mol. The molecule has 30 heavy (non-hydrogen) atoms. The molecule has 0 fully saturated rings. The van der Waals surface area contributed by atoms with E-state index in [9.17, 15) is 0 Å². The Kier molecular flexibility index (Phi) is 17.0. The molecule has 0 aliphatic heterocycles. The van der Waals surface area contributed by atoms with E-state index in [0.29, 0.717) is 11.8 Å². The van der Waals surface area contributed by atoms with Gasteiger partial charge in [-0.15, -0.1) is 0 Å². The van der Waals surface area contributed by atoms with Crippen molar-refractivity contribution in [3.8, 4) is 0 Å². The SMILES string of the molecule is Cc1cccc(C)c1NCCNCCNc1c(C(C)C)cccc1C(C)C.[Br-].[Br-].[Co+2]. The van der Waals surface area contributed by atoms with Crippen molar-refractivity contribution in [3.05, 3.63) is 58.7 Å². The summed E-state index contributed by atoms with van der Waals surface area (Å²) in [5.74, 6) is 1.06. The maximum absolute atomic E-state index is 3.69. The normalized spacial score (nSPS) is 10.1. The van der Waals surface area contributed by atoms with Crippen molar-refractivity contribution in [2.45, 2.75) is 53.4 Å². The topological polar surface area (TPSA) is 36.1 Å². The van der Waals surface area contributed by atoms with Crippen LogP contribution >= 0.6 is 0 Å². The molecule has 0 aliphatic rings. The molecule has 171 valence electrons. The molecule has 6 heteroatoms. The van der Waals surface area contributed by atoms with Crippen molar-refractivity contribution in [1.82, 2.24) is 5.32 Å². The number of hydrogen-bond donors (Lipinski definition) is 3. The van der Waals surface area contributed by atoms with Crippen molar-refractivity contribution in [2.75, 3.05) is 36.8 Å². The fraction of sp³-hybridized carbons (Fsp3) is 0.500. The summed E-state index contributed by atoms with van der Waals surface area (Å²) in [6.45, 7) is 17.2. The molecule has 2 aromatic carbocycles. The van der Waals surface area contributed by atoms with Crippen LogP contribution in [0.4, 0.5) is 11.4 Å². The van der Waals surface area contributed by atoms with Gasteiger partial charge in [0.2, 0.25) is 0 Å². The molecular weight excluding hydrogens is 549 g/mol. The Bertz CT molecular complexity index is 690. The molecule has 0 atom stereocenters. The molecule has 0 aromatic heterocycles. The molecule has 0 heterocycles. The molecule has 2 aromatic rings. The summed E-state index contributed by atoms with van der Waals surface area (Å²) < 4.78 is 0. The third-order valence-electron chi connectivity index (χ3n) is 5.06. The van der Waals surface area contributed by atoms with Crippen molar-refractivity contribution in [2.24, 2.45) is 0 Å². The fourth-order valence-electron chi connectivity index (χ4n) is 3.53. The van der Waals surface area contributed by atoms with E-state index < -0.39 is 0 Å². The van der Waals surface area contributed by atoms with Crippen LogP contribution in [0.15, 0.2) is 36.4 Å². The summed E-state index contributed by atoms with van der Waals surface area (Å²) in [6, 6.07) is 13.1. The number of hydrogen-bond acceptors (Lipinski definition) is 3. The number of aryl methyl sites for hydroxylation is 2. The Morgan fingerprint density at radius 1 is 0.633 bits per heavy atom. The second kappa shape index (κ2) is 16.1. The zero-order chi connectivity index (χ0) is 19.8. The smallest absolute Gasteiger partial charge is 1.00 e. The van der Waals surface area contributed by atoms with Crippen LogP contribution in [0.1, 0.15) is 61.8 Å². The van der Waals surface area contributed by atoms with Gasteiger partial charge in [-0.3, -0.25) is 0 Å². The van der Waals surface area contributed by atoms with Crippen molar-refractivity contribution in [1.29, 1.82) is 0 Å². The summed E-state index contributed by atoms with van der Waals surface area (Å²) in [4.78, 5) is 0. The first-order chi connectivity index (χ1) is 12.9. The standard InChI is InChI=1S/C24H37N3.2BrH.Co/c1-17(2)21-11-8-12-22(18(3)4)24(21)27-16-14-25-13-15-26-23-19(5)9-7-10-20(23)6;;;/h7-12,17-18,25-27H,13-16H2,1-6H3;2*1H;/q;;;+2/p-2. The second-order valence-corrected chi connectivity index (χ2v) is 7.99. The minimum Gasteiger partial charge on any atom is -1.00 e. The quantitative estimate of drug-likeness (QED) is 0.334. The van der Waals surface area contributed by atoms with E-state index in [1.54, 1.807) is 0 Å². The van der Waals surface area contributed by atoms with Crippen LogP contribution in [0.5, 0.6) is 0 Å². The third-order valence-corrected chi connectivity index (χ3v) is 5.06. The Morgan fingerprint density at radius 3 is 1.47 bits per heavy atom. The van der Waals surface area contributed by atoms with E-state index in [4.69, 9.17) is 0 Å². The first kappa shape index (κ1) is 31.7. The molecule has 1 radical (unpaired) electrons.